The normalized spacial score (nSPS) is 16.8. The number of benzene rings is 2. The van der Waals surface area contributed by atoms with Gasteiger partial charge >= 0.3 is 5.97 Å². The Kier molecular flexibility index (Phi) is 8.50. The van der Waals surface area contributed by atoms with Crippen LogP contribution in [0, 0.1) is 5.92 Å². The molecule has 39 heavy (non-hydrogen) atoms. The van der Waals surface area contributed by atoms with E-state index in [-0.39, 0.29) is 23.4 Å². The fourth-order valence-corrected chi connectivity index (χ4v) is 6.18. The van der Waals surface area contributed by atoms with Gasteiger partial charge in [0.25, 0.3) is 5.91 Å². The summed E-state index contributed by atoms with van der Waals surface area (Å²) in [6.07, 6.45) is 2.42. The molecule has 0 radical (unpaired) electrons. The number of H-pyrrole nitrogens is 1. The zero-order chi connectivity index (χ0) is 28.3. The van der Waals surface area contributed by atoms with Gasteiger partial charge < -0.3 is 24.6 Å². The van der Waals surface area contributed by atoms with Crippen LogP contribution in [0.1, 0.15) is 69.6 Å². The largest absolute Gasteiger partial charge is 0.494 e. The van der Waals surface area contributed by atoms with E-state index < -0.39 is 11.4 Å². The number of carboxylic acid groups (broad SMARTS) is 1. The molecule has 3 aromatic rings. The lowest BCUT2D eigenvalue weighted by atomic mass is 9.71. The van der Waals surface area contributed by atoms with Gasteiger partial charge in [-0.3, -0.25) is 4.79 Å². The van der Waals surface area contributed by atoms with E-state index in [1.165, 1.54) is 6.20 Å². The van der Waals surface area contributed by atoms with Gasteiger partial charge in [0.1, 0.15) is 5.75 Å². The van der Waals surface area contributed by atoms with E-state index in [0.717, 1.165) is 42.5 Å². The molecule has 2 aromatic carbocycles. The number of rotatable bonds is 10. The molecule has 1 aliphatic heterocycles. The third-order valence-electron chi connectivity index (χ3n) is 7.89. The Balaban J connectivity index is 1.71. The van der Waals surface area contributed by atoms with E-state index in [1.807, 2.05) is 36.4 Å². The molecular formula is C32H41N3O4. The topological polar surface area (TPSA) is 85.9 Å². The van der Waals surface area contributed by atoms with Crippen molar-refractivity contribution >= 4 is 28.4 Å². The Morgan fingerprint density at radius 1 is 1.10 bits per heavy atom. The first-order valence-electron chi connectivity index (χ1n) is 13.9. The van der Waals surface area contributed by atoms with Crippen LogP contribution in [-0.4, -0.2) is 64.0 Å². The molecule has 1 aromatic heterocycles. The van der Waals surface area contributed by atoms with Crippen LogP contribution in [0.4, 0.5) is 0 Å². The number of fused-ring (bicyclic) bond motifs is 3. The number of carbonyl (C=O) groups is 2. The minimum atomic E-state index is -1.08. The first-order valence-corrected chi connectivity index (χ1v) is 13.9. The number of hydrogen-bond acceptors (Lipinski definition) is 4. The summed E-state index contributed by atoms with van der Waals surface area (Å²) in [5, 5.41) is 11.3. The summed E-state index contributed by atoms with van der Waals surface area (Å²) in [6, 6.07) is 14.8. The summed E-state index contributed by atoms with van der Waals surface area (Å²) in [7, 11) is 0. The number of nitrogens with one attached hydrogen (secondary N) is 1. The Morgan fingerprint density at radius 2 is 1.82 bits per heavy atom. The van der Waals surface area contributed by atoms with Crippen molar-refractivity contribution in [1.82, 2.24) is 14.8 Å². The molecule has 0 bridgehead atoms. The number of amides is 1. The van der Waals surface area contributed by atoms with Gasteiger partial charge in [-0.15, -0.1) is 0 Å². The summed E-state index contributed by atoms with van der Waals surface area (Å²) in [4.78, 5) is 34.0. The number of aromatic amines is 1. The van der Waals surface area contributed by atoms with Crippen molar-refractivity contribution in [2.24, 2.45) is 5.92 Å². The second-order valence-electron chi connectivity index (χ2n) is 11.1. The number of aliphatic carboxylic acids is 1. The van der Waals surface area contributed by atoms with E-state index in [2.05, 4.69) is 51.4 Å². The van der Waals surface area contributed by atoms with Crippen LogP contribution in [0.5, 0.6) is 5.75 Å². The first-order chi connectivity index (χ1) is 18.6. The lowest BCUT2D eigenvalue weighted by molar-refractivity contribution is -0.130. The quantitative estimate of drug-likeness (QED) is 0.306. The number of carboxylic acids is 1. The zero-order valence-corrected chi connectivity index (χ0v) is 24.0. The molecule has 4 rings (SSSR count). The maximum absolute atomic E-state index is 14.1. The maximum Gasteiger partial charge on any atom is 0.339 e. The Hall–Kier alpha value is -3.58. The molecule has 1 atom stereocenters. The maximum atomic E-state index is 14.1. The van der Waals surface area contributed by atoms with Crippen LogP contribution in [-0.2, 0) is 10.2 Å². The number of hydrogen-bond donors (Lipinski definition) is 2. The Morgan fingerprint density at radius 3 is 2.49 bits per heavy atom. The van der Waals surface area contributed by atoms with Crippen LogP contribution in [0.15, 0.2) is 54.7 Å². The number of para-hydroxylation sites is 1. The number of nitrogens with zero attached hydrogens (tertiary/aromatic N) is 2. The van der Waals surface area contributed by atoms with Gasteiger partial charge in [-0.2, -0.15) is 0 Å². The van der Waals surface area contributed by atoms with Crippen molar-refractivity contribution in [3.05, 3.63) is 71.6 Å². The second-order valence-corrected chi connectivity index (χ2v) is 11.1. The van der Waals surface area contributed by atoms with Gasteiger partial charge in [-0.25, -0.2) is 4.79 Å². The van der Waals surface area contributed by atoms with E-state index >= 15 is 0 Å². The van der Waals surface area contributed by atoms with Crippen molar-refractivity contribution in [3.8, 4) is 5.75 Å². The summed E-state index contributed by atoms with van der Waals surface area (Å²) >= 11 is 0. The molecule has 0 saturated heterocycles. The molecule has 1 aliphatic rings. The average molecular weight is 532 g/mol. The molecular weight excluding hydrogens is 490 g/mol. The smallest absolute Gasteiger partial charge is 0.339 e. The molecule has 7 heteroatoms. The summed E-state index contributed by atoms with van der Waals surface area (Å²) < 4.78 is 6.00. The van der Waals surface area contributed by atoms with Gasteiger partial charge in [0, 0.05) is 40.7 Å². The van der Waals surface area contributed by atoms with Gasteiger partial charge in [0.15, 0.2) is 0 Å². The van der Waals surface area contributed by atoms with Crippen LogP contribution in [0.2, 0.25) is 0 Å². The molecule has 2 heterocycles. The van der Waals surface area contributed by atoms with Gasteiger partial charge in [-0.05, 0) is 55.3 Å². The third-order valence-corrected chi connectivity index (χ3v) is 7.89. The highest BCUT2D eigenvalue weighted by molar-refractivity contribution is 6.17. The highest BCUT2D eigenvalue weighted by Crippen LogP contribution is 2.45. The van der Waals surface area contributed by atoms with Crippen molar-refractivity contribution in [2.75, 3.05) is 26.2 Å². The molecule has 208 valence electrons. The summed E-state index contributed by atoms with van der Waals surface area (Å²) in [6.45, 7) is 16.2. The van der Waals surface area contributed by atoms with Crippen LogP contribution >= 0.6 is 0 Å². The van der Waals surface area contributed by atoms with E-state index in [1.54, 1.807) is 17.0 Å². The molecule has 0 saturated carbocycles. The molecule has 7 nitrogen and oxygen atoms in total. The first kappa shape index (κ1) is 28.4. The third kappa shape index (κ3) is 5.59. The highest BCUT2D eigenvalue weighted by atomic mass is 16.5. The Labute approximate surface area is 231 Å². The standard InChI is InChI=1S/C32H41N3O4/c1-7-34(8-2)17-12-18-39-23-14-11-13-22(19-23)30(36)35-20-25(31(37)38)28-27(32(5,6)29(35)21(3)4)24-15-9-10-16-26(24)33-28/h9-11,13-16,19-21,29,33H,7-8,12,17-18H2,1-6H3,(H,37,38). The zero-order valence-electron chi connectivity index (χ0n) is 24.0. The van der Waals surface area contributed by atoms with Gasteiger partial charge in [0.2, 0.25) is 0 Å². The van der Waals surface area contributed by atoms with Crippen molar-refractivity contribution in [1.29, 1.82) is 0 Å². The number of ether oxygens (including phenoxy) is 1. The molecule has 2 N–H and O–H groups in total. The van der Waals surface area contributed by atoms with E-state index in [0.29, 0.717) is 23.6 Å². The predicted octanol–water partition coefficient (Wildman–Crippen LogP) is 6.16. The number of aromatic nitrogens is 1. The summed E-state index contributed by atoms with van der Waals surface area (Å²) in [5.41, 5.74) is 2.36. The average Bonchev–Trinajstić information content (AvgIpc) is 3.25. The van der Waals surface area contributed by atoms with E-state index in [4.69, 9.17) is 4.74 Å². The van der Waals surface area contributed by atoms with Crippen molar-refractivity contribution in [2.45, 2.75) is 59.4 Å². The fraction of sp³-hybridized carbons (Fsp3) is 0.438. The molecule has 0 fully saturated rings. The second kappa shape index (κ2) is 11.7. The Bertz CT molecular complexity index is 1370. The van der Waals surface area contributed by atoms with Crippen LogP contribution < -0.4 is 4.74 Å². The van der Waals surface area contributed by atoms with Gasteiger partial charge in [-0.1, -0.05) is 65.8 Å². The molecule has 0 spiro atoms. The highest BCUT2D eigenvalue weighted by Gasteiger charge is 2.45. The lowest BCUT2D eigenvalue weighted by Crippen LogP contribution is -2.50. The molecule has 1 amide bonds. The fourth-order valence-electron chi connectivity index (χ4n) is 6.18. The molecule has 0 aliphatic carbocycles. The minimum absolute atomic E-state index is 0.0503. The van der Waals surface area contributed by atoms with Gasteiger partial charge in [0.05, 0.1) is 17.9 Å². The predicted molar refractivity (Wildman–Crippen MR) is 156 cm³/mol. The van der Waals surface area contributed by atoms with Crippen molar-refractivity contribution < 1.29 is 19.4 Å². The summed E-state index contributed by atoms with van der Waals surface area (Å²) in [5.74, 6) is -0.640. The minimum Gasteiger partial charge on any atom is -0.494 e. The van der Waals surface area contributed by atoms with Crippen molar-refractivity contribution in [3.63, 3.8) is 0 Å². The SMILES string of the molecule is CCN(CC)CCCOc1cccc(C(=O)N2C=C(C(=O)O)c3[nH]c4ccccc4c3C(C)(C)C2C(C)C)c1. The van der Waals surface area contributed by atoms with Crippen LogP contribution in [0.25, 0.3) is 16.5 Å². The van der Waals surface area contributed by atoms with Crippen LogP contribution in [0.3, 0.4) is 0 Å². The molecule has 1 unspecified atom stereocenters. The number of carbonyl (C=O) groups excluding carboxylic acids is 1. The van der Waals surface area contributed by atoms with E-state index in [9.17, 15) is 14.7 Å². The monoisotopic (exact) mass is 531 g/mol. The lowest BCUT2D eigenvalue weighted by Gasteiger charge is -2.42.